The number of nitrogens with two attached hydrogens (primary N) is 1. The number of alkyl halides is 3. The van der Waals surface area contributed by atoms with Gasteiger partial charge in [0.1, 0.15) is 0 Å². The normalized spacial score (nSPS) is 22.3. The van der Waals surface area contributed by atoms with Crippen LogP contribution in [0.1, 0.15) is 42.1 Å². The lowest BCUT2D eigenvalue weighted by Crippen LogP contribution is -2.31. The van der Waals surface area contributed by atoms with Crippen LogP contribution in [0.25, 0.3) is 0 Å². The molecule has 0 bridgehead atoms. The number of halogens is 3. The van der Waals surface area contributed by atoms with Crippen LogP contribution < -0.4 is 11.1 Å². The Hall–Kier alpha value is -1.72. The van der Waals surface area contributed by atoms with E-state index in [2.05, 4.69) is 12.2 Å². The number of nitrogens with one attached hydrogen (secondary N) is 1. The van der Waals surface area contributed by atoms with Crippen LogP contribution in [0.4, 0.5) is 18.9 Å². The minimum atomic E-state index is -4.56. The Labute approximate surface area is 121 Å². The Balaban J connectivity index is 2.09. The highest BCUT2D eigenvalue weighted by molar-refractivity contribution is 5.99. The topological polar surface area (TPSA) is 55.1 Å². The van der Waals surface area contributed by atoms with Crippen LogP contribution in [0, 0.1) is 11.8 Å². The molecule has 21 heavy (non-hydrogen) atoms. The number of hydrogen-bond donors (Lipinski definition) is 2. The number of nitrogen functional groups attached to an aromatic ring is 1. The summed E-state index contributed by atoms with van der Waals surface area (Å²) in [7, 11) is 0. The van der Waals surface area contributed by atoms with Crippen molar-refractivity contribution in [3.63, 3.8) is 0 Å². The molecular formula is C15H19F3N2O. The Bertz CT molecular complexity index is 528. The van der Waals surface area contributed by atoms with Crippen molar-refractivity contribution >= 4 is 11.6 Å². The van der Waals surface area contributed by atoms with Crippen LogP contribution in [-0.2, 0) is 6.18 Å². The van der Waals surface area contributed by atoms with Crippen LogP contribution in [-0.4, -0.2) is 12.5 Å². The number of carbonyl (C=O) groups excluding carboxylic acids is 1. The minimum absolute atomic E-state index is 0.115. The largest absolute Gasteiger partial charge is 0.418 e. The maximum Gasteiger partial charge on any atom is 0.418 e. The van der Waals surface area contributed by atoms with Crippen LogP contribution in [0.15, 0.2) is 18.2 Å². The smallest absolute Gasteiger partial charge is 0.398 e. The maximum atomic E-state index is 12.8. The molecule has 0 aromatic heterocycles. The molecule has 3 N–H and O–H groups in total. The first-order valence-electron chi connectivity index (χ1n) is 7.04. The number of carbonyl (C=O) groups is 1. The maximum absolute atomic E-state index is 12.8. The Morgan fingerprint density at radius 1 is 1.38 bits per heavy atom. The van der Waals surface area contributed by atoms with Gasteiger partial charge in [-0.3, -0.25) is 4.79 Å². The zero-order chi connectivity index (χ0) is 15.6. The highest BCUT2D eigenvalue weighted by Crippen LogP contribution is 2.35. The van der Waals surface area contributed by atoms with Gasteiger partial charge >= 0.3 is 6.18 Å². The third-order valence-corrected chi connectivity index (χ3v) is 4.22. The van der Waals surface area contributed by atoms with E-state index in [-0.39, 0.29) is 5.56 Å². The van der Waals surface area contributed by atoms with Gasteiger partial charge in [-0.15, -0.1) is 0 Å². The molecule has 2 atom stereocenters. The van der Waals surface area contributed by atoms with E-state index in [9.17, 15) is 18.0 Å². The predicted molar refractivity (Wildman–Crippen MR) is 74.7 cm³/mol. The van der Waals surface area contributed by atoms with E-state index in [0.29, 0.717) is 18.4 Å². The average Bonchev–Trinajstić information content (AvgIpc) is 2.80. The summed E-state index contributed by atoms with van der Waals surface area (Å²) in [5.74, 6) is 0.378. The van der Waals surface area contributed by atoms with Crippen molar-refractivity contribution in [3.8, 4) is 0 Å². The first kappa shape index (κ1) is 15.7. The van der Waals surface area contributed by atoms with E-state index < -0.39 is 23.3 Å². The van der Waals surface area contributed by atoms with E-state index in [4.69, 9.17) is 5.73 Å². The van der Waals surface area contributed by atoms with Crippen LogP contribution in [0.5, 0.6) is 0 Å². The number of anilines is 1. The molecule has 3 nitrogen and oxygen atoms in total. The van der Waals surface area contributed by atoms with E-state index in [0.717, 1.165) is 25.3 Å². The third kappa shape index (κ3) is 3.49. The fourth-order valence-corrected chi connectivity index (χ4v) is 2.85. The molecule has 1 amide bonds. The molecule has 0 radical (unpaired) electrons. The van der Waals surface area contributed by atoms with Crippen LogP contribution in [0.3, 0.4) is 0 Å². The van der Waals surface area contributed by atoms with Crippen LogP contribution >= 0.6 is 0 Å². The molecular weight excluding hydrogens is 281 g/mol. The molecule has 116 valence electrons. The Morgan fingerprint density at radius 3 is 2.67 bits per heavy atom. The molecule has 1 aromatic rings. The summed E-state index contributed by atoms with van der Waals surface area (Å²) in [6.45, 7) is 2.61. The molecule has 1 aromatic carbocycles. The van der Waals surface area contributed by atoms with E-state index in [1.165, 1.54) is 12.1 Å². The summed E-state index contributed by atoms with van der Waals surface area (Å²) in [5.41, 5.74) is 3.91. The molecule has 0 heterocycles. The number of benzene rings is 1. The number of amides is 1. The standard InChI is InChI=1S/C15H19F3N2O/c1-9-4-2-5-10(9)8-20-14(21)11-6-3-7-12(13(11)19)15(16,17)18/h3,6-7,9-10H,2,4-5,8,19H2,1H3,(H,20,21). The third-order valence-electron chi connectivity index (χ3n) is 4.22. The van der Waals surface area contributed by atoms with Gasteiger partial charge < -0.3 is 11.1 Å². The summed E-state index contributed by atoms with van der Waals surface area (Å²) in [6, 6.07) is 3.40. The first-order valence-corrected chi connectivity index (χ1v) is 7.04. The first-order chi connectivity index (χ1) is 9.80. The molecule has 2 rings (SSSR count). The average molecular weight is 300 g/mol. The fourth-order valence-electron chi connectivity index (χ4n) is 2.85. The van der Waals surface area contributed by atoms with Gasteiger partial charge in [-0.25, -0.2) is 0 Å². The Kier molecular flexibility index (Phi) is 4.44. The van der Waals surface area contributed by atoms with Gasteiger partial charge in [-0.05, 0) is 30.4 Å². The minimum Gasteiger partial charge on any atom is -0.398 e. The molecule has 1 saturated carbocycles. The molecule has 1 aliphatic rings. The predicted octanol–water partition coefficient (Wildman–Crippen LogP) is 3.45. The lowest BCUT2D eigenvalue weighted by atomic mass is 9.98. The summed E-state index contributed by atoms with van der Waals surface area (Å²) in [6.07, 6.45) is -1.25. The van der Waals surface area contributed by atoms with Gasteiger partial charge in [0.15, 0.2) is 0 Å². The van der Waals surface area contributed by atoms with Crippen molar-refractivity contribution in [1.29, 1.82) is 0 Å². The van der Waals surface area contributed by atoms with Gasteiger partial charge in [0.25, 0.3) is 5.91 Å². The summed E-state index contributed by atoms with van der Waals surface area (Å²) in [4.78, 5) is 12.0. The van der Waals surface area contributed by atoms with E-state index in [1.807, 2.05) is 0 Å². The van der Waals surface area contributed by atoms with Gasteiger partial charge in [0.05, 0.1) is 16.8 Å². The highest BCUT2D eigenvalue weighted by atomic mass is 19.4. The molecule has 1 fully saturated rings. The lowest BCUT2D eigenvalue weighted by Gasteiger charge is -2.17. The summed E-state index contributed by atoms with van der Waals surface area (Å²) in [5, 5.41) is 2.70. The van der Waals surface area contributed by atoms with Crippen molar-refractivity contribution in [1.82, 2.24) is 5.32 Å². The quantitative estimate of drug-likeness (QED) is 0.840. The van der Waals surface area contributed by atoms with Gasteiger partial charge in [0, 0.05) is 6.54 Å². The van der Waals surface area contributed by atoms with Crippen molar-refractivity contribution in [2.75, 3.05) is 12.3 Å². The summed E-state index contributed by atoms with van der Waals surface area (Å²) < 4.78 is 38.3. The van der Waals surface area contributed by atoms with Crippen molar-refractivity contribution < 1.29 is 18.0 Å². The second-order valence-corrected chi connectivity index (χ2v) is 5.64. The van der Waals surface area contributed by atoms with Crippen molar-refractivity contribution in [3.05, 3.63) is 29.3 Å². The SMILES string of the molecule is CC1CCCC1CNC(=O)c1cccc(C(F)(F)F)c1N. The number of hydrogen-bond acceptors (Lipinski definition) is 2. The summed E-state index contributed by atoms with van der Waals surface area (Å²) >= 11 is 0. The Morgan fingerprint density at radius 2 is 2.10 bits per heavy atom. The van der Waals surface area contributed by atoms with Gasteiger partial charge in [-0.1, -0.05) is 25.8 Å². The monoisotopic (exact) mass is 300 g/mol. The molecule has 2 unspecified atom stereocenters. The van der Waals surface area contributed by atoms with Gasteiger partial charge in [0.2, 0.25) is 0 Å². The second-order valence-electron chi connectivity index (χ2n) is 5.64. The van der Waals surface area contributed by atoms with E-state index >= 15 is 0 Å². The van der Waals surface area contributed by atoms with Gasteiger partial charge in [-0.2, -0.15) is 13.2 Å². The number of rotatable bonds is 3. The zero-order valence-electron chi connectivity index (χ0n) is 11.8. The van der Waals surface area contributed by atoms with Crippen molar-refractivity contribution in [2.45, 2.75) is 32.4 Å². The van der Waals surface area contributed by atoms with E-state index in [1.54, 1.807) is 0 Å². The molecule has 0 aliphatic heterocycles. The fraction of sp³-hybridized carbons (Fsp3) is 0.533. The van der Waals surface area contributed by atoms with Crippen molar-refractivity contribution in [2.24, 2.45) is 11.8 Å². The molecule has 1 aliphatic carbocycles. The molecule has 6 heteroatoms. The number of para-hydroxylation sites is 1. The second kappa shape index (κ2) is 5.95. The van der Waals surface area contributed by atoms with Crippen LogP contribution in [0.2, 0.25) is 0 Å². The highest BCUT2D eigenvalue weighted by Gasteiger charge is 2.34. The molecule has 0 saturated heterocycles. The zero-order valence-corrected chi connectivity index (χ0v) is 11.8. The molecule has 0 spiro atoms. The lowest BCUT2D eigenvalue weighted by molar-refractivity contribution is -0.136.